The van der Waals surface area contributed by atoms with Gasteiger partial charge in [0.05, 0.1) is 27.7 Å². The largest absolute Gasteiger partial charge is 0.756 e. The Balaban J connectivity index is 4.58. The van der Waals surface area contributed by atoms with Gasteiger partial charge in [-0.3, -0.25) is 14.2 Å². The minimum atomic E-state index is -4.66. The lowest BCUT2D eigenvalue weighted by molar-refractivity contribution is -0.870. The summed E-state index contributed by atoms with van der Waals surface area (Å²) in [7, 11) is 1.08. The molecule has 0 rings (SSSR count). The molecule has 58 heavy (non-hydrogen) atoms. The fourth-order valence-electron chi connectivity index (χ4n) is 5.11. The van der Waals surface area contributed by atoms with Crippen LogP contribution in [0, 0.1) is 0 Å². The fourth-order valence-corrected chi connectivity index (χ4v) is 5.84. The van der Waals surface area contributed by atoms with E-state index in [-0.39, 0.29) is 26.1 Å². The van der Waals surface area contributed by atoms with Crippen molar-refractivity contribution < 1.29 is 42.1 Å². The second kappa shape index (κ2) is 39.4. The highest BCUT2D eigenvalue weighted by molar-refractivity contribution is 7.45. The van der Waals surface area contributed by atoms with E-state index in [0.717, 1.165) is 51.4 Å². The van der Waals surface area contributed by atoms with Crippen molar-refractivity contribution in [2.45, 2.75) is 148 Å². The number of esters is 2. The zero-order chi connectivity index (χ0) is 42.8. The van der Waals surface area contributed by atoms with Crippen LogP contribution in [-0.2, 0) is 32.7 Å². The number of rotatable bonds is 38. The highest BCUT2D eigenvalue weighted by atomic mass is 31.2. The summed E-state index contributed by atoms with van der Waals surface area (Å²) in [5.74, 6) is -0.977. The predicted molar refractivity (Wildman–Crippen MR) is 240 cm³/mol. The van der Waals surface area contributed by atoms with Crippen molar-refractivity contribution in [1.82, 2.24) is 0 Å². The maximum absolute atomic E-state index is 12.6. The molecule has 0 bridgehead atoms. The Hall–Kier alpha value is -3.07. The lowest BCUT2D eigenvalue weighted by Crippen LogP contribution is -2.37. The normalized spacial score (nSPS) is 14.5. The number of phosphoric acid groups is 1. The Labute approximate surface area is 353 Å². The van der Waals surface area contributed by atoms with E-state index in [2.05, 4.69) is 98.9 Å². The van der Waals surface area contributed by atoms with Gasteiger partial charge in [0.2, 0.25) is 0 Å². The zero-order valence-electron chi connectivity index (χ0n) is 36.9. The number of ether oxygens (including phenoxy) is 2. The second-order valence-electron chi connectivity index (χ2n) is 15.3. The van der Waals surface area contributed by atoms with E-state index in [9.17, 15) is 19.0 Å². The maximum atomic E-state index is 12.6. The van der Waals surface area contributed by atoms with Gasteiger partial charge in [-0.1, -0.05) is 137 Å². The molecule has 0 aliphatic rings. The molecule has 0 radical (unpaired) electrons. The van der Waals surface area contributed by atoms with E-state index in [0.29, 0.717) is 30.3 Å². The minimum absolute atomic E-state index is 0.0549. The van der Waals surface area contributed by atoms with Gasteiger partial charge in [0.25, 0.3) is 7.82 Å². The quantitative estimate of drug-likeness (QED) is 0.0199. The lowest BCUT2D eigenvalue weighted by Gasteiger charge is -2.28. The van der Waals surface area contributed by atoms with Gasteiger partial charge < -0.3 is 27.9 Å². The molecule has 0 heterocycles. The van der Waals surface area contributed by atoms with Crippen molar-refractivity contribution in [3.05, 3.63) is 97.2 Å². The first kappa shape index (κ1) is 54.9. The first-order chi connectivity index (χ1) is 28.0. The summed E-state index contributed by atoms with van der Waals surface area (Å²) in [6.45, 7) is 4.01. The monoisotopic (exact) mass is 830 g/mol. The number of unbranched alkanes of at least 4 members (excludes halogenated alkanes) is 8. The molecular formula is C48H80NO8P. The summed E-state index contributed by atoms with van der Waals surface area (Å²) < 4.78 is 33.7. The Morgan fingerprint density at radius 2 is 0.914 bits per heavy atom. The molecule has 0 aliphatic carbocycles. The molecule has 0 aliphatic heterocycles. The van der Waals surface area contributed by atoms with Gasteiger partial charge in [-0.05, 0) is 89.9 Å². The molecule has 2 atom stereocenters. The summed E-state index contributed by atoms with van der Waals surface area (Å²) in [6, 6.07) is 0. The van der Waals surface area contributed by atoms with Gasteiger partial charge in [0.1, 0.15) is 19.8 Å². The van der Waals surface area contributed by atoms with Crippen LogP contribution in [0.1, 0.15) is 142 Å². The standard InChI is InChI=1S/C48H80NO8P/c1-6-8-10-12-14-16-18-20-22-24-26-28-30-32-34-36-38-40-47(50)54-44-46(45-56-58(52,53)55-43-42-49(3,4)5)57-48(51)41-39-37-35-33-31-29-27-25-23-21-19-17-15-13-11-9-7-2/h14-17,20-23,26-29,32-35,46H,6-13,18-19,24-25,30-31,36-45H2,1-5H3/b16-14+,17-15+,22-20+,23-21+,28-26+,29-27+,34-32+,35-33+/t46-/m1/s1. The molecule has 0 fully saturated rings. The van der Waals surface area contributed by atoms with Crippen molar-refractivity contribution in [3.63, 3.8) is 0 Å². The van der Waals surface area contributed by atoms with Crippen LogP contribution in [0.15, 0.2) is 97.2 Å². The van der Waals surface area contributed by atoms with Crippen LogP contribution in [0.3, 0.4) is 0 Å². The van der Waals surface area contributed by atoms with Crippen LogP contribution in [0.4, 0.5) is 0 Å². The van der Waals surface area contributed by atoms with Gasteiger partial charge in [0, 0.05) is 12.8 Å². The van der Waals surface area contributed by atoms with E-state index in [1.165, 1.54) is 44.9 Å². The Morgan fingerprint density at radius 3 is 1.31 bits per heavy atom. The topological polar surface area (TPSA) is 111 Å². The number of quaternary nitrogens is 1. The van der Waals surface area contributed by atoms with Crippen LogP contribution < -0.4 is 4.89 Å². The summed E-state index contributed by atoms with van der Waals surface area (Å²) in [5.41, 5.74) is 0. The van der Waals surface area contributed by atoms with E-state index in [4.69, 9.17) is 18.5 Å². The van der Waals surface area contributed by atoms with Crippen LogP contribution in [0.2, 0.25) is 0 Å². The molecule has 330 valence electrons. The van der Waals surface area contributed by atoms with Crippen LogP contribution >= 0.6 is 7.82 Å². The number of carbonyl (C=O) groups excluding carboxylic acids is 2. The number of carbonyl (C=O) groups is 2. The molecule has 0 aromatic rings. The number of nitrogens with zero attached hydrogens (tertiary/aromatic N) is 1. The Bertz CT molecular complexity index is 1300. The Kier molecular flexibility index (Phi) is 37.3. The van der Waals surface area contributed by atoms with Gasteiger partial charge in [-0.2, -0.15) is 0 Å². The number of phosphoric ester groups is 1. The van der Waals surface area contributed by atoms with Gasteiger partial charge in [-0.25, -0.2) is 0 Å². The van der Waals surface area contributed by atoms with Crippen molar-refractivity contribution in [3.8, 4) is 0 Å². The third-order valence-electron chi connectivity index (χ3n) is 8.58. The van der Waals surface area contributed by atoms with E-state index in [1.807, 2.05) is 33.3 Å². The van der Waals surface area contributed by atoms with E-state index >= 15 is 0 Å². The molecule has 1 unspecified atom stereocenters. The van der Waals surface area contributed by atoms with Gasteiger partial charge >= 0.3 is 11.9 Å². The highest BCUT2D eigenvalue weighted by Crippen LogP contribution is 2.38. The van der Waals surface area contributed by atoms with Crippen molar-refractivity contribution in [2.75, 3.05) is 47.5 Å². The molecule has 0 spiro atoms. The molecule has 0 amide bonds. The minimum Gasteiger partial charge on any atom is -0.756 e. The smallest absolute Gasteiger partial charge is 0.306 e. The molecule has 0 N–H and O–H groups in total. The molecular weight excluding hydrogens is 750 g/mol. The molecule has 0 aromatic heterocycles. The van der Waals surface area contributed by atoms with E-state index < -0.39 is 32.5 Å². The first-order valence-electron chi connectivity index (χ1n) is 21.9. The number of likely N-dealkylation sites (N-methyl/N-ethyl adjacent to an activating group) is 1. The molecule has 10 heteroatoms. The SMILES string of the molecule is CCCCC/C=C/C/C=C/C/C=C/C/C=C/CCCC(=O)OC[C@H](COP(=O)([O-])OCC[N+](C)(C)C)OC(=O)CCC/C=C/C/C=C/C/C=C/C/C=C/CCCCC. The van der Waals surface area contributed by atoms with Crippen molar-refractivity contribution in [1.29, 1.82) is 0 Å². The molecule has 0 saturated heterocycles. The predicted octanol–water partition coefficient (Wildman–Crippen LogP) is 11.9. The zero-order valence-corrected chi connectivity index (χ0v) is 37.8. The lowest BCUT2D eigenvalue weighted by atomic mass is 10.2. The second-order valence-corrected chi connectivity index (χ2v) is 16.8. The average molecular weight is 830 g/mol. The summed E-state index contributed by atoms with van der Waals surface area (Å²) in [6.07, 6.45) is 51.6. The third kappa shape index (κ3) is 42.5. The van der Waals surface area contributed by atoms with E-state index in [1.54, 1.807) is 0 Å². The molecule has 0 saturated carbocycles. The average Bonchev–Trinajstić information content (AvgIpc) is 3.17. The number of hydrogen-bond acceptors (Lipinski definition) is 8. The summed E-state index contributed by atoms with van der Waals surface area (Å²) in [5, 5.41) is 0. The van der Waals surface area contributed by atoms with Crippen molar-refractivity contribution in [2.24, 2.45) is 0 Å². The molecule has 9 nitrogen and oxygen atoms in total. The van der Waals surface area contributed by atoms with Gasteiger partial charge in [0.15, 0.2) is 6.10 Å². The van der Waals surface area contributed by atoms with Crippen LogP contribution in [0.5, 0.6) is 0 Å². The maximum Gasteiger partial charge on any atom is 0.306 e. The van der Waals surface area contributed by atoms with Crippen LogP contribution in [0.25, 0.3) is 0 Å². The Morgan fingerprint density at radius 1 is 0.534 bits per heavy atom. The highest BCUT2D eigenvalue weighted by Gasteiger charge is 2.21. The first-order valence-corrected chi connectivity index (χ1v) is 23.4. The number of allylic oxidation sites excluding steroid dienone is 16. The summed E-state index contributed by atoms with van der Waals surface area (Å²) in [4.78, 5) is 37.5. The molecule has 0 aromatic carbocycles. The van der Waals surface area contributed by atoms with Gasteiger partial charge in [-0.15, -0.1) is 0 Å². The summed E-state index contributed by atoms with van der Waals surface area (Å²) >= 11 is 0. The number of hydrogen-bond donors (Lipinski definition) is 0. The van der Waals surface area contributed by atoms with Crippen LogP contribution in [-0.4, -0.2) is 70.0 Å². The third-order valence-corrected chi connectivity index (χ3v) is 9.54. The fraction of sp³-hybridized carbons (Fsp3) is 0.625. The van der Waals surface area contributed by atoms with Crippen molar-refractivity contribution >= 4 is 19.8 Å².